The Hall–Kier alpha value is -2.66. The molecule has 1 aliphatic rings. The van der Waals surface area contributed by atoms with Crippen LogP contribution in [0.4, 0.5) is 0 Å². The van der Waals surface area contributed by atoms with Crippen LogP contribution in [-0.4, -0.2) is 36.4 Å². The zero-order valence-electron chi connectivity index (χ0n) is 14.0. The van der Waals surface area contributed by atoms with Gasteiger partial charge in [-0.3, -0.25) is 9.59 Å². The molecular weight excluding hydrogens is 316 g/mol. The molecule has 5 heteroatoms. The maximum Gasteiger partial charge on any atom is 0.248 e. The molecule has 2 amide bonds. The molecule has 25 heavy (non-hydrogen) atoms. The average molecular weight is 338 g/mol. The van der Waals surface area contributed by atoms with Crippen molar-refractivity contribution in [2.24, 2.45) is 11.7 Å². The first-order valence-electron chi connectivity index (χ1n) is 8.43. The molecule has 1 aliphatic heterocycles. The van der Waals surface area contributed by atoms with Gasteiger partial charge in [-0.25, -0.2) is 0 Å². The molecule has 0 spiro atoms. The lowest BCUT2D eigenvalue weighted by atomic mass is 10.0. The predicted octanol–water partition coefficient (Wildman–Crippen LogP) is 2.13. The Bertz CT molecular complexity index is 679. The Morgan fingerprint density at radius 1 is 1.04 bits per heavy atom. The van der Waals surface area contributed by atoms with E-state index in [-0.39, 0.29) is 30.4 Å². The van der Waals surface area contributed by atoms with Crippen molar-refractivity contribution >= 4 is 11.8 Å². The van der Waals surface area contributed by atoms with Gasteiger partial charge in [-0.2, -0.15) is 0 Å². The SMILES string of the molecule is NC(=O)[C@@H]1CCN(C(=O)COC(c2ccccc2)c2ccccc2)C1. The topological polar surface area (TPSA) is 72.6 Å². The van der Waals surface area contributed by atoms with Crippen LogP contribution in [0.25, 0.3) is 0 Å². The van der Waals surface area contributed by atoms with E-state index in [1.165, 1.54) is 0 Å². The molecular formula is C20H22N2O3. The highest BCUT2D eigenvalue weighted by molar-refractivity contribution is 5.81. The molecule has 1 heterocycles. The molecule has 130 valence electrons. The zero-order valence-corrected chi connectivity index (χ0v) is 14.0. The third-order valence-corrected chi connectivity index (χ3v) is 4.52. The van der Waals surface area contributed by atoms with Crippen LogP contribution in [0.1, 0.15) is 23.7 Å². The smallest absolute Gasteiger partial charge is 0.248 e. The van der Waals surface area contributed by atoms with Gasteiger partial charge in [0.1, 0.15) is 12.7 Å². The summed E-state index contributed by atoms with van der Waals surface area (Å²) in [5, 5.41) is 0. The van der Waals surface area contributed by atoms with Crippen LogP contribution in [0.15, 0.2) is 60.7 Å². The van der Waals surface area contributed by atoms with Crippen molar-refractivity contribution in [3.63, 3.8) is 0 Å². The van der Waals surface area contributed by atoms with Gasteiger partial charge in [-0.1, -0.05) is 60.7 Å². The van der Waals surface area contributed by atoms with Crippen LogP contribution in [0.2, 0.25) is 0 Å². The van der Waals surface area contributed by atoms with Crippen molar-refractivity contribution in [3.05, 3.63) is 71.8 Å². The number of hydrogen-bond acceptors (Lipinski definition) is 3. The van der Waals surface area contributed by atoms with Gasteiger partial charge in [0.15, 0.2) is 0 Å². The Morgan fingerprint density at radius 2 is 1.60 bits per heavy atom. The van der Waals surface area contributed by atoms with Crippen molar-refractivity contribution < 1.29 is 14.3 Å². The van der Waals surface area contributed by atoms with E-state index < -0.39 is 0 Å². The summed E-state index contributed by atoms with van der Waals surface area (Å²) in [6.07, 6.45) is 0.322. The molecule has 1 atom stereocenters. The summed E-state index contributed by atoms with van der Waals surface area (Å²) >= 11 is 0. The van der Waals surface area contributed by atoms with Gasteiger partial charge >= 0.3 is 0 Å². The molecule has 5 nitrogen and oxygen atoms in total. The lowest BCUT2D eigenvalue weighted by Gasteiger charge is -2.21. The van der Waals surface area contributed by atoms with Crippen molar-refractivity contribution in [2.45, 2.75) is 12.5 Å². The lowest BCUT2D eigenvalue weighted by molar-refractivity contribution is -0.136. The molecule has 0 radical (unpaired) electrons. The normalized spacial score (nSPS) is 17.0. The molecule has 2 aromatic carbocycles. The Morgan fingerprint density at radius 3 is 2.08 bits per heavy atom. The number of primary amides is 1. The summed E-state index contributed by atoms with van der Waals surface area (Å²) in [6, 6.07) is 19.7. The summed E-state index contributed by atoms with van der Waals surface area (Å²) in [7, 11) is 0. The maximum atomic E-state index is 12.4. The van der Waals surface area contributed by atoms with E-state index in [0.29, 0.717) is 19.5 Å². The molecule has 2 aromatic rings. The van der Waals surface area contributed by atoms with Crippen molar-refractivity contribution in [3.8, 4) is 0 Å². The number of amides is 2. The molecule has 0 saturated carbocycles. The van der Waals surface area contributed by atoms with Crippen LogP contribution in [0.5, 0.6) is 0 Å². The van der Waals surface area contributed by atoms with Gasteiger partial charge in [0.25, 0.3) is 0 Å². The molecule has 0 aromatic heterocycles. The van der Waals surface area contributed by atoms with E-state index in [9.17, 15) is 9.59 Å². The number of nitrogens with zero attached hydrogens (tertiary/aromatic N) is 1. The number of likely N-dealkylation sites (tertiary alicyclic amines) is 1. The summed E-state index contributed by atoms with van der Waals surface area (Å²) in [5.41, 5.74) is 7.32. The largest absolute Gasteiger partial charge is 0.369 e. The third-order valence-electron chi connectivity index (χ3n) is 4.52. The second kappa shape index (κ2) is 7.94. The van der Waals surface area contributed by atoms with Crippen LogP contribution in [0, 0.1) is 5.92 Å². The summed E-state index contributed by atoms with van der Waals surface area (Å²) in [4.78, 5) is 25.3. The standard InChI is InChI=1S/C20H22N2O3/c21-20(24)17-11-12-22(13-17)18(23)14-25-19(15-7-3-1-4-8-15)16-9-5-2-6-10-16/h1-10,17,19H,11-14H2,(H2,21,24)/t17-/m1/s1. The van der Waals surface area contributed by atoms with E-state index in [1.54, 1.807) is 4.90 Å². The number of hydrogen-bond donors (Lipinski definition) is 1. The first kappa shape index (κ1) is 17.2. The molecule has 2 N–H and O–H groups in total. The summed E-state index contributed by atoms with van der Waals surface area (Å²) < 4.78 is 5.98. The van der Waals surface area contributed by atoms with Crippen molar-refractivity contribution in [2.75, 3.05) is 19.7 Å². The first-order valence-corrected chi connectivity index (χ1v) is 8.43. The van der Waals surface area contributed by atoms with Crippen LogP contribution >= 0.6 is 0 Å². The van der Waals surface area contributed by atoms with Crippen LogP contribution in [-0.2, 0) is 14.3 Å². The fraction of sp³-hybridized carbons (Fsp3) is 0.300. The molecule has 3 rings (SSSR count). The maximum absolute atomic E-state index is 12.4. The Balaban J connectivity index is 1.67. The molecule has 1 saturated heterocycles. The molecule has 0 bridgehead atoms. The summed E-state index contributed by atoms with van der Waals surface area (Å²) in [5.74, 6) is -0.703. The molecule has 1 fully saturated rings. The van der Waals surface area contributed by atoms with Crippen molar-refractivity contribution in [1.29, 1.82) is 0 Å². The van der Waals surface area contributed by atoms with Gasteiger partial charge in [0, 0.05) is 13.1 Å². The van der Waals surface area contributed by atoms with E-state index in [2.05, 4.69) is 0 Å². The lowest BCUT2D eigenvalue weighted by Crippen LogP contribution is -2.34. The van der Waals surface area contributed by atoms with Gasteiger partial charge in [0.05, 0.1) is 5.92 Å². The number of benzene rings is 2. The van der Waals surface area contributed by atoms with E-state index in [1.807, 2.05) is 60.7 Å². The van der Waals surface area contributed by atoms with Gasteiger partial charge in [0.2, 0.25) is 11.8 Å². The van der Waals surface area contributed by atoms with Gasteiger partial charge < -0.3 is 15.4 Å². The quantitative estimate of drug-likeness (QED) is 0.877. The number of nitrogens with two attached hydrogens (primary N) is 1. The van der Waals surface area contributed by atoms with Crippen LogP contribution in [0.3, 0.4) is 0 Å². The highest BCUT2D eigenvalue weighted by Gasteiger charge is 2.30. The number of rotatable bonds is 6. The van der Waals surface area contributed by atoms with E-state index in [4.69, 9.17) is 10.5 Å². The minimum Gasteiger partial charge on any atom is -0.369 e. The van der Waals surface area contributed by atoms with Crippen molar-refractivity contribution in [1.82, 2.24) is 4.90 Å². The van der Waals surface area contributed by atoms with Crippen LogP contribution < -0.4 is 5.73 Å². The third kappa shape index (κ3) is 4.25. The second-order valence-corrected chi connectivity index (χ2v) is 6.24. The Labute approximate surface area is 147 Å². The van der Waals surface area contributed by atoms with E-state index >= 15 is 0 Å². The highest BCUT2D eigenvalue weighted by Crippen LogP contribution is 2.26. The average Bonchev–Trinajstić information content (AvgIpc) is 3.14. The zero-order chi connectivity index (χ0) is 17.6. The monoisotopic (exact) mass is 338 g/mol. The highest BCUT2D eigenvalue weighted by atomic mass is 16.5. The number of carbonyl (C=O) groups excluding carboxylic acids is 2. The fourth-order valence-electron chi connectivity index (χ4n) is 3.11. The minimum absolute atomic E-state index is 0.0278. The number of ether oxygens (including phenoxy) is 1. The Kier molecular flexibility index (Phi) is 5.46. The molecule has 0 unspecified atom stereocenters. The minimum atomic E-state index is -0.345. The van der Waals surface area contributed by atoms with Gasteiger partial charge in [-0.05, 0) is 17.5 Å². The fourth-order valence-corrected chi connectivity index (χ4v) is 3.11. The molecule has 0 aliphatic carbocycles. The second-order valence-electron chi connectivity index (χ2n) is 6.24. The van der Waals surface area contributed by atoms with E-state index in [0.717, 1.165) is 11.1 Å². The first-order chi connectivity index (χ1) is 12.1. The summed E-state index contributed by atoms with van der Waals surface area (Å²) in [6.45, 7) is 0.913. The van der Waals surface area contributed by atoms with Gasteiger partial charge in [-0.15, -0.1) is 0 Å². The predicted molar refractivity (Wildman–Crippen MR) is 94.6 cm³/mol. The number of carbonyl (C=O) groups is 2.